The molecule has 0 aromatic carbocycles. The normalized spacial score (nSPS) is 17.3. The summed E-state index contributed by atoms with van der Waals surface area (Å²) in [4.78, 5) is 9.96. The lowest BCUT2D eigenvalue weighted by atomic mass is 10.3. The molecule has 1 N–H and O–H groups in total. The van der Waals surface area contributed by atoms with Crippen LogP contribution >= 0.6 is 0 Å². The lowest BCUT2D eigenvalue weighted by molar-refractivity contribution is -0.107. The highest BCUT2D eigenvalue weighted by atomic mass is 16.5. The van der Waals surface area contributed by atoms with Crippen LogP contribution in [0.25, 0.3) is 0 Å². The van der Waals surface area contributed by atoms with E-state index >= 15 is 0 Å². The van der Waals surface area contributed by atoms with Gasteiger partial charge in [-0.05, 0) is 6.08 Å². The maximum atomic E-state index is 9.96. The predicted octanol–water partition coefficient (Wildman–Crippen LogP) is 0.889. The Morgan fingerprint density at radius 2 is 2.56 bits per heavy atom. The van der Waals surface area contributed by atoms with Crippen LogP contribution in [-0.4, -0.2) is 11.4 Å². The van der Waals surface area contributed by atoms with Gasteiger partial charge in [-0.3, -0.25) is 4.79 Å². The average molecular weight is 126 g/mol. The highest BCUT2D eigenvalue weighted by Gasteiger charge is 2.02. The molecule has 3 nitrogen and oxygen atoms in total. The van der Waals surface area contributed by atoms with Crippen molar-refractivity contribution < 1.29 is 14.6 Å². The largest absolute Gasteiger partial charge is 0.509 e. The first kappa shape index (κ1) is 5.88. The molecule has 1 aliphatic heterocycles. The van der Waals surface area contributed by atoms with Crippen molar-refractivity contribution in [3.05, 3.63) is 23.9 Å². The van der Waals surface area contributed by atoms with Crippen molar-refractivity contribution in [3.63, 3.8) is 0 Å². The second-order valence-corrected chi connectivity index (χ2v) is 1.66. The van der Waals surface area contributed by atoms with Gasteiger partial charge in [0.2, 0.25) is 0 Å². The van der Waals surface area contributed by atoms with Gasteiger partial charge in [0.25, 0.3) is 0 Å². The van der Waals surface area contributed by atoms with Crippen LogP contribution in [0.3, 0.4) is 0 Å². The number of ether oxygens (including phenoxy) is 1. The summed E-state index contributed by atoms with van der Waals surface area (Å²) in [5.74, 6) is 0.397. The molecule has 1 aliphatic rings. The topological polar surface area (TPSA) is 46.5 Å². The number of allylic oxidation sites excluding steroid dienone is 2. The van der Waals surface area contributed by atoms with Crippen LogP contribution in [0.5, 0.6) is 0 Å². The highest BCUT2D eigenvalue weighted by molar-refractivity contribution is 5.70. The lowest BCUT2D eigenvalue weighted by Gasteiger charge is -2.04. The zero-order valence-electron chi connectivity index (χ0n) is 4.70. The molecule has 0 unspecified atom stereocenters. The SMILES string of the molecule is O=CC1=CCC(O)=CO1. The van der Waals surface area contributed by atoms with E-state index in [1.54, 1.807) is 0 Å². The van der Waals surface area contributed by atoms with Crippen molar-refractivity contribution in [2.24, 2.45) is 0 Å². The second kappa shape index (κ2) is 2.35. The molecule has 1 rings (SSSR count). The molecule has 0 aromatic heterocycles. The Morgan fingerprint density at radius 3 is 3.00 bits per heavy atom. The summed E-state index contributed by atoms with van der Waals surface area (Å²) < 4.78 is 4.62. The van der Waals surface area contributed by atoms with E-state index in [4.69, 9.17) is 5.11 Å². The van der Waals surface area contributed by atoms with Crippen LogP contribution in [0.4, 0.5) is 0 Å². The van der Waals surface area contributed by atoms with Crippen molar-refractivity contribution in [1.82, 2.24) is 0 Å². The quantitative estimate of drug-likeness (QED) is 0.530. The van der Waals surface area contributed by atoms with Gasteiger partial charge in [0, 0.05) is 6.42 Å². The standard InChI is InChI=1S/C6H6O3/c7-3-6-2-1-5(8)4-9-6/h2-4,8H,1H2. The summed E-state index contributed by atoms with van der Waals surface area (Å²) >= 11 is 0. The Bertz CT molecular complexity index is 179. The first-order chi connectivity index (χ1) is 4.33. The van der Waals surface area contributed by atoms with E-state index in [-0.39, 0.29) is 11.5 Å². The molecule has 0 atom stereocenters. The minimum absolute atomic E-state index is 0.139. The van der Waals surface area contributed by atoms with Crippen molar-refractivity contribution >= 4 is 6.29 Å². The first-order valence-corrected chi connectivity index (χ1v) is 2.53. The van der Waals surface area contributed by atoms with E-state index in [2.05, 4.69) is 4.74 Å². The fourth-order valence-electron chi connectivity index (χ4n) is 0.513. The van der Waals surface area contributed by atoms with E-state index in [9.17, 15) is 4.79 Å². The molecule has 48 valence electrons. The molecule has 1 heterocycles. The zero-order chi connectivity index (χ0) is 6.69. The zero-order valence-corrected chi connectivity index (χ0v) is 4.70. The monoisotopic (exact) mass is 126 g/mol. The van der Waals surface area contributed by atoms with Crippen molar-refractivity contribution in [1.29, 1.82) is 0 Å². The predicted molar refractivity (Wildman–Crippen MR) is 30.6 cm³/mol. The Labute approximate surface area is 52.2 Å². The lowest BCUT2D eigenvalue weighted by Crippen LogP contribution is -1.94. The summed E-state index contributed by atoms with van der Waals surface area (Å²) in [7, 11) is 0. The fraction of sp³-hybridized carbons (Fsp3) is 0.167. The van der Waals surface area contributed by atoms with Crippen LogP contribution in [0.2, 0.25) is 0 Å². The van der Waals surface area contributed by atoms with Gasteiger partial charge in [-0.15, -0.1) is 0 Å². The third-order valence-electron chi connectivity index (χ3n) is 0.960. The van der Waals surface area contributed by atoms with Gasteiger partial charge < -0.3 is 9.84 Å². The number of aldehydes is 1. The van der Waals surface area contributed by atoms with Crippen LogP contribution in [0.1, 0.15) is 6.42 Å². The molecule has 0 bridgehead atoms. The van der Waals surface area contributed by atoms with Crippen LogP contribution in [0, 0.1) is 0 Å². The molecule has 0 saturated carbocycles. The summed E-state index contributed by atoms with van der Waals surface area (Å²) in [6.07, 6.45) is 3.66. The summed E-state index contributed by atoms with van der Waals surface area (Å²) in [5.41, 5.74) is 0. The Morgan fingerprint density at radius 1 is 1.78 bits per heavy atom. The number of carbonyl (C=O) groups is 1. The average Bonchev–Trinajstić information content (AvgIpc) is 1.90. The second-order valence-electron chi connectivity index (χ2n) is 1.66. The molecule has 0 spiro atoms. The highest BCUT2D eigenvalue weighted by Crippen LogP contribution is 2.09. The summed E-state index contributed by atoms with van der Waals surface area (Å²) in [6.45, 7) is 0. The van der Waals surface area contributed by atoms with E-state index in [0.717, 1.165) is 6.26 Å². The van der Waals surface area contributed by atoms with Gasteiger partial charge in [0.05, 0.1) is 0 Å². The van der Waals surface area contributed by atoms with E-state index in [1.807, 2.05) is 0 Å². The third-order valence-corrected chi connectivity index (χ3v) is 0.960. The van der Waals surface area contributed by atoms with E-state index in [0.29, 0.717) is 12.7 Å². The molecule has 0 fully saturated rings. The molecule has 0 aromatic rings. The van der Waals surface area contributed by atoms with Gasteiger partial charge >= 0.3 is 0 Å². The number of carbonyl (C=O) groups excluding carboxylic acids is 1. The minimum Gasteiger partial charge on any atom is -0.509 e. The van der Waals surface area contributed by atoms with Crippen molar-refractivity contribution in [3.8, 4) is 0 Å². The number of rotatable bonds is 1. The fourth-order valence-corrected chi connectivity index (χ4v) is 0.513. The maximum absolute atomic E-state index is 9.96. The molecule has 0 aliphatic carbocycles. The minimum atomic E-state index is 0.139. The molecule has 3 heteroatoms. The number of aliphatic hydroxyl groups excluding tert-OH is 1. The van der Waals surface area contributed by atoms with E-state index < -0.39 is 0 Å². The Hall–Kier alpha value is -1.25. The molecule has 9 heavy (non-hydrogen) atoms. The Balaban J connectivity index is 2.58. The maximum Gasteiger partial charge on any atom is 0.184 e. The van der Waals surface area contributed by atoms with Gasteiger partial charge in [0.15, 0.2) is 12.0 Å². The Kier molecular flexibility index (Phi) is 1.53. The van der Waals surface area contributed by atoms with Crippen molar-refractivity contribution in [2.45, 2.75) is 6.42 Å². The van der Waals surface area contributed by atoms with Gasteiger partial charge in [-0.2, -0.15) is 0 Å². The molecule has 0 saturated heterocycles. The molecular formula is C6H6O3. The van der Waals surface area contributed by atoms with E-state index in [1.165, 1.54) is 6.08 Å². The number of hydrogen-bond donors (Lipinski definition) is 1. The smallest absolute Gasteiger partial charge is 0.184 e. The van der Waals surface area contributed by atoms with Crippen LogP contribution < -0.4 is 0 Å². The van der Waals surface area contributed by atoms with Crippen LogP contribution in [0.15, 0.2) is 23.9 Å². The summed E-state index contributed by atoms with van der Waals surface area (Å²) in [5, 5.41) is 8.70. The van der Waals surface area contributed by atoms with Crippen molar-refractivity contribution in [2.75, 3.05) is 0 Å². The third kappa shape index (κ3) is 1.32. The number of aliphatic hydroxyl groups is 1. The number of hydrogen-bond acceptors (Lipinski definition) is 3. The van der Waals surface area contributed by atoms with Crippen LogP contribution in [-0.2, 0) is 9.53 Å². The first-order valence-electron chi connectivity index (χ1n) is 2.53. The summed E-state index contributed by atoms with van der Waals surface area (Å²) in [6, 6.07) is 0. The van der Waals surface area contributed by atoms with Gasteiger partial charge in [-0.1, -0.05) is 0 Å². The molecule has 0 radical (unpaired) electrons. The van der Waals surface area contributed by atoms with Gasteiger partial charge in [-0.25, -0.2) is 0 Å². The van der Waals surface area contributed by atoms with Gasteiger partial charge in [0.1, 0.15) is 12.0 Å². The molecule has 0 amide bonds. The molecular weight excluding hydrogens is 120 g/mol.